The molecule has 0 fully saturated rings. The number of hydrogen-bond donors (Lipinski definition) is 3. The fourth-order valence-electron chi connectivity index (χ4n) is 2.45. The van der Waals surface area contributed by atoms with E-state index in [0.717, 1.165) is 0 Å². The van der Waals surface area contributed by atoms with Gasteiger partial charge >= 0.3 is 6.03 Å². The van der Waals surface area contributed by atoms with Crippen LogP contribution in [0.4, 0.5) is 13.6 Å². The maximum atomic E-state index is 13.6. The standard InChI is InChI=1S/C18H19F2N3O2/c1-11(22-18(21)25)17(24)23-16(13-5-3-7-15(20)10-13)9-12-4-2-6-14(19)8-12/h2-8,10-11,16H,9H2,1H3,(H,23,24)(H3,21,22,25)/t11-,16-/m1/s1. The van der Waals surface area contributed by atoms with Crippen molar-refractivity contribution in [3.8, 4) is 0 Å². The number of urea groups is 1. The molecular formula is C18H19F2N3O2. The lowest BCUT2D eigenvalue weighted by Gasteiger charge is -2.22. The van der Waals surface area contributed by atoms with Crippen molar-refractivity contribution < 1.29 is 18.4 Å². The number of carbonyl (C=O) groups is 2. The third kappa shape index (κ3) is 5.56. The average molecular weight is 347 g/mol. The summed E-state index contributed by atoms with van der Waals surface area (Å²) in [7, 11) is 0. The van der Waals surface area contributed by atoms with Crippen molar-refractivity contribution in [2.24, 2.45) is 5.73 Å². The van der Waals surface area contributed by atoms with Crippen molar-refractivity contribution in [1.82, 2.24) is 10.6 Å². The van der Waals surface area contributed by atoms with E-state index < -0.39 is 35.7 Å². The number of benzene rings is 2. The molecule has 0 bridgehead atoms. The molecule has 0 heterocycles. The molecule has 2 rings (SSSR count). The summed E-state index contributed by atoms with van der Waals surface area (Å²) < 4.78 is 27.0. The van der Waals surface area contributed by atoms with Crippen molar-refractivity contribution in [2.45, 2.75) is 25.4 Å². The van der Waals surface area contributed by atoms with Gasteiger partial charge in [-0.25, -0.2) is 13.6 Å². The van der Waals surface area contributed by atoms with E-state index in [4.69, 9.17) is 5.73 Å². The zero-order chi connectivity index (χ0) is 18.4. The maximum absolute atomic E-state index is 13.6. The van der Waals surface area contributed by atoms with Crippen LogP contribution < -0.4 is 16.4 Å². The molecule has 25 heavy (non-hydrogen) atoms. The molecule has 0 aliphatic carbocycles. The van der Waals surface area contributed by atoms with Crippen molar-refractivity contribution in [3.05, 3.63) is 71.3 Å². The van der Waals surface area contributed by atoms with E-state index in [9.17, 15) is 18.4 Å². The van der Waals surface area contributed by atoms with Gasteiger partial charge in [0.25, 0.3) is 0 Å². The lowest BCUT2D eigenvalue weighted by Crippen LogP contribution is -2.47. The molecule has 0 unspecified atom stereocenters. The molecule has 2 aromatic rings. The minimum absolute atomic E-state index is 0.260. The van der Waals surface area contributed by atoms with E-state index in [2.05, 4.69) is 10.6 Å². The minimum Gasteiger partial charge on any atom is -0.352 e. The first kappa shape index (κ1) is 18.4. The Balaban J connectivity index is 2.23. The number of nitrogens with two attached hydrogens (primary N) is 1. The summed E-state index contributed by atoms with van der Waals surface area (Å²) in [6, 6.07) is 9.46. The Bertz CT molecular complexity index is 767. The molecule has 3 amide bonds. The van der Waals surface area contributed by atoms with Crippen LogP contribution >= 0.6 is 0 Å². The number of amides is 3. The Kier molecular flexibility index (Phi) is 6.05. The number of nitrogens with one attached hydrogen (secondary N) is 2. The highest BCUT2D eigenvalue weighted by Crippen LogP contribution is 2.20. The molecule has 0 aliphatic heterocycles. The van der Waals surface area contributed by atoms with E-state index in [1.165, 1.54) is 37.3 Å². The Morgan fingerprint density at radius 2 is 1.68 bits per heavy atom. The summed E-state index contributed by atoms with van der Waals surface area (Å²) in [6.45, 7) is 1.48. The zero-order valence-electron chi connectivity index (χ0n) is 13.6. The maximum Gasteiger partial charge on any atom is 0.312 e. The number of primary amides is 1. The highest BCUT2D eigenvalue weighted by Gasteiger charge is 2.20. The van der Waals surface area contributed by atoms with Crippen LogP contribution in [0.1, 0.15) is 24.1 Å². The van der Waals surface area contributed by atoms with Gasteiger partial charge in [-0.05, 0) is 48.7 Å². The fourth-order valence-corrected chi connectivity index (χ4v) is 2.45. The molecule has 0 saturated heterocycles. The Labute approximate surface area is 144 Å². The van der Waals surface area contributed by atoms with E-state index >= 15 is 0 Å². The molecule has 132 valence electrons. The third-order valence-corrected chi connectivity index (χ3v) is 3.65. The first-order valence-corrected chi connectivity index (χ1v) is 7.71. The number of hydrogen-bond acceptors (Lipinski definition) is 2. The second-order valence-electron chi connectivity index (χ2n) is 5.68. The highest BCUT2D eigenvalue weighted by atomic mass is 19.1. The highest BCUT2D eigenvalue weighted by molar-refractivity contribution is 5.86. The van der Waals surface area contributed by atoms with E-state index in [0.29, 0.717) is 11.1 Å². The Morgan fingerprint density at radius 1 is 1.04 bits per heavy atom. The first-order chi connectivity index (χ1) is 11.8. The molecule has 0 spiro atoms. The van der Waals surface area contributed by atoms with E-state index in [1.54, 1.807) is 18.2 Å². The van der Waals surface area contributed by atoms with Crippen LogP contribution in [-0.4, -0.2) is 18.0 Å². The first-order valence-electron chi connectivity index (χ1n) is 7.71. The van der Waals surface area contributed by atoms with Crippen LogP contribution in [0.2, 0.25) is 0 Å². The van der Waals surface area contributed by atoms with Gasteiger partial charge in [-0.2, -0.15) is 0 Å². The van der Waals surface area contributed by atoms with Gasteiger partial charge in [-0.15, -0.1) is 0 Å². The monoisotopic (exact) mass is 347 g/mol. The van der Waals surface area contributed by atoms with Crippen LogP contribution in [0, 0.1) is 11.6 Å². The summed E-state index contributed by atoms with van der Waals surface area (Å²) in [6.07, 6.45) is 0.260. The second-order valence-corrected chi connectivity index (χ2v) is 5.68. The lowest BCUT2D eigenvalue weighted by molar-refractivity contribution is -0.123. The van der Waals surface area contributed by atoms with E-state index in [1.807, 2.05) is 0 Å². The molecule has 2 atom stereocenters. The molecule has 5 nitrogen and oxygen atoms in total. The summed E-state index contributed by atoms with van der Waals surface area (Å²) in [5, 5.41) is 5.01. The average Bonchev–Trinajstić information content (AvgIpc) is 2.53. The van der Waals surface area contributed by atoms with Crippen molar-refractivity contribution >= 4 is 11.9 Å². The van der Waals surface area contributed by atoms with E-state index in [-0.39, 0.29) is 6.42 Å². The van der Waals surface area contributed by atoms with Crippen LogP contribution in [-0.2, 0) is 11.2 Å². The minimum atomic E-state index is -0.860. The predicted molar refractivity (Wildman–Crippen MR) is 89.6 cm³/mol. The zero-order valence-corrected chi connectivity index (χ0v) is 13.6. The Morgan fingerprint density at radius 3 is 2.28 bits per heavy atom. The quantitative estimate of drug-likeness (QED) is 0.750. The number of halogens is 2. The van der Waals surface area contributed by atoms with Gasteiger partial charge in [0.15, 0.2) is 0 Å². The van der Waals surface area contributed by atoms with Crippen LogP contribution in [0.25, 0.3) is 0 Å². The van der Waals surface area contributed by atoms with Crippen LogP contribution in [0.3, 0.4) is 0 Å². The molecule has 7 heteroatoms. The van der Waals surface area contributed by atoms with Crippen molar-refractivity contribution in [2.75, 3.05) is 0 Å². The molecule has 4 N–H and O–H groups in total. The summed E-state index contributed by atoms with van der Waals surface area (Å²) in [5.74, 6) is -1.32. The van der Waals surface area contributed by atoms with Gasteiger partial charge in [0.2, 0.25) is 5.91 Å². The third-order valence-electron chi connectivity index (χ3n) is 3.65. The van der Waals surface area contributed by atoms with Gasteiger partial charge in [-0.3, -0.25) is 4.79 Å². The topological polar surface area (TPSA) is 84.2 Å². The summed E-state index contributed by atoms with van der Waals surface area (Å²) in [4.78, 5) is 23.1. The van der Waals surface area contributed by atoms with Crippen molar-refractivity contribution in [3.63, 3.8) is 0 Å². The SMILES string of the molecule is C[C@@H](NC(N)=O)C(=O)N[C@H](Cc1cccc(F)c1)c1cccc(F)c1. The molecule has 0 aliphatic rings. The molecule has 0 radical (unpaired) electrons. The Hall–Kier alpha value is -2.96. The summed E-state index contributed by atoms with van der Waals surface area (Å²) >= 11 is 0. The number of rotatable bonds is 6. The molecule has 2 aromatic carbocycles. The predicted octanol–water partition coefficient (Wildman–Crippen LogP) is 2.42. The van der Waals surface area contributed by atoms with Crippen molar-refractivity contribution in [1.29, 1.82) is 0 Å². The molecule has 0 saturated carbocycles. The smallest absolute Gasteiger partial charge is 0.312 e. The normalized spacial score (nSPS) is 12.9. The summed E-state index contributed by atoms with van der Waals surface area (Å²) in [5.41, 5.74) is 6.19. The van der Waals surface area contributed by atoms with Gasteiger partial charge in [-0.1, -0.05) is 24.3 Å². The van der Waals surface area contributed by atoms with Gasteiger partial charge in [0.05, 0.1) is 6.04 Å². The fraction of sp³-hybridized carbons (Fsp3) is 0.222. The van der Waals surface area contributed by atoms with Gasteiger partial charge in [0.1, 0.15) is 17.7 Å². The molecule has 0 aromatic heterocycles. The lowest BCUT2D eigenvalue weighted by atomic mass is 9.98. The largest absolute Gasteiger partial charge is 0.352 e. The molecular weight excluding hydrogens is 328 g/mol. The van der Waals surface area contributed by atoms with Gasteiger partial charge in [0, 0.05) is 0 Å². The van der Waals surface area contributed by atoms with Crippen LogP contribution in [0.5, 0.6) is 0 Å². The second kappa shape index (κ2) is 8.23. The number of carbonyl (C=O) groups excluding carboxylic acids is 2. The van der Waals surface area contributed by atoms with Crippen LogP contribution in [0.15, 0.2) is 48.5 Å². The van der Waals surface area contributed by atoms with Gasteiger partial charge < -0.3 is 16.4 Å².